The van der Waals surface area contributed by atoms with Crippen molar-refractivity contribution >= 4 is 27.7 Å². The van der Waals surface area contributed by atoms with Crippen molar-refractivity contribution in [3.05, 3.63) is 0 Å². The Bertz CT molecular complexity index is 690. The average Bonchev–Trinajstić information content (AvgIpc) is 2.72. The summed E-state index contributed by atoms with van der Waals surface area (Å²) in [4.78, 5) is 27.1. The minimum absolute atomic E-state index is 0.0391. The van der Waals surface area contributed by atoms with Crippen LogP contribution < -0.4 is 10.6 Å². The minimum atomic E-state index is -4.31. The first-order chi connectivity index (χ1) is 15.5. The van der Waals surface area contributed by atoms with Crippen LogP contribution in [0.25, 0.3) is 0 Å². The van der Waals surface area contributed by atoms with Gasteiger partial charge in [-0.15, -0.1) is 0 Å². The fourth-order valence-corrected chi connectivity index (χ4v) is 6.67. The second kappa shape index (κ2) is 11.2. The van der Waals surface area contributed by atoms with Crippen LogP contribution in [0.1, 0.15) is 52.9 Å². The molecule has 3 aliphatic rings. The molecule has 2 aliphatic heterocycles. The maximum atomic E-state index is 13.5. The summed E-state index contributed by atoms with van der Waals surface area (Å²) in [5.41, 5.74) is 0. The lowest BCUT2D eigenvalue weighted by molar-refractivity contribution is -0.167. The molecule has 10 heteroatoms. The third kappa shape index (κ3) is 7.07. The fourth-order valence-electron chi connectivity index (χ4n) is 5.88. The molecule has 3 rings (SSSR count). The average molecular weight is 540 g/mol. The molecule has 2 amide bonds. The van der Waals surface area contributed by atoms with Gasteiger partial charge < -0.3 is 15.4 Å². The van der Waals surface area contributed by atoms with E-state index in [0.717, 1.165) is 6.42 Å². The molecule has 2 heterocycles. The number of nitrogens with one attached hydrogen (secondary N) is 2. The zero-order chi connectivity index (χ0) is 24.3. The lowest BCUT2D eigenvalue weighted by Crippen LogP contribution is -2.57. The molecule has 0 aromatic heterocycles. The van der Waals surface area contributed by atoms with Crippen LogP contribution in [-0.2, 0) is 14.3 Å². The number of nitrogens with zero attached hydrogens (tertiary/aromatic N) is 1. The largest absolute Gasteiger partial charge is 0.401 e. The number of hydrogen-bond acceptors (Lipinski definition) is 4. The van der Waals surface area contributed by atoms with Gasteiger partial charge in [-0.2, -0.15) is 13.2 Å². The van der Waals surface area contributed by atoms with Crippen LogP contribution in [0, 0.1) is 23.7 Å². The van der Waals surface area contributed by atoms with E-state index in [1.54, 1.807) is 4.90 Å². The van der Waals surface area contributed by atoms with Crippen molar-refractivity contribution in [2.24, 2.45) is 23.7 Å². The standard InChI is InChI=1S/C23H37BrF3N3O3/c1-13-8-14(2)29-22(32)19(13)11-28-21(31)18-9-16(24)10-20(15(18)3)30(12-23(25,26)27)17-4-6-33-7-5-17/h13-20H,4-12H2,1-3H3,(H,28,31)(H,29,32). The monoisotopic (exact) mass is 539 g/mol. The zero-order valence-corrected chi connectivity index (χ0v) is 21.3. The molecule has 0 aromatic rings. The maximum Gasteiger partial charge on any atom is 0.401 e. The molecule has 0 bridgehead atoms. The summed E-state index contributed by atoms with van der Waals surface area (Å²) in [6.07, 6.45) is -1.18. The van der Waals surface area contributed by atoms with E-state index in [0.29, 0.717) is 38.9 Å². The number of hydrogen-bond donors (Lipinski definition) is 2. The first-order valence-corrected chi connectivity index (χ1v) is 13.0. The van der Waals surface area contributed by atoms with Crippen molar-refractivity contribution in [3.63, 3.8) is 0 Å². The summed E-state index contributed by atoms with van der Waals surface area (Å²) in [6.45, 7) is 6.08. The highest BCUT2D eigenvalue weighted by Gasteiger charge is 2.46. The maximum absolute atomic E-state index is 13.5. The van der Waals surface area contributed by atoms with Crippen LogP contribution in [0.5, 0.6) is 0 Å². The van der Waals surface area contributed by atoms with Crippen molar-refractivity contribution < 1.29 is 27.5 Å². The molecule has 6 nitrogen and oxygen atoms in total. The molecule has 1 aliphatic carbocycles. The SMILES string of the molecule is CC1CC(C)C(CNC(=O)C2CC(Br)CC(N(CC(F)(F)F)C3CCOCC3)C2C)C(=O)N1. The van der Waals surface area contributed by atoms with Crippen LogP contribution in [0.15, 0.2) is 0 Å². The zero-order valence-electron chi connectivity index (χ0n) is 19.7. The van der Waals surface area contributed by atoms with Gasteiger partial charge in [0, 0.05) is 48.6 Å². The number of alkyl halides is 4. The van der Waals surface area contributed by atoms with Crippen LogP contribution in [0.3, 0.4) is 0 Å². The van der Waals surface area contributed by atoms with Crippen molar-refractivity contribution in [2.75, 3.05) is 26.3 Å². The lowest BCUT2D eigenvalue weighted by atomic mass is 9.74. The third-order valence-corrected chi connectivity index (χ3v) is 8.41. The Labute approximate surface area is 202 Å². The van der Waals surface area contributed by atoms with Gasteiger partial charge in [0.15, 0.2) is 0 Å². The molecule has 0 radical (unpaired) electrons. The molecular formula is C23H37BrF3N3O3. The Kier molecular flexibility index (Phi) is 9.11. The Morgan fingerprint density at radius 1 is 1.18 bits per heavy atom. The highest BCUT2D eigenvalue weighted by atomic mass is 79.9. The van der Waals surface area contributed by atoms with Gasteiger partial charge in [0.25, 0.3) is 0 Å². The van der Waals surface area contributed by atoms with Crippen molar-refractivity contribution in [3.8, 4) is 0 Å². The molecule has 7 unspecified atom stereocenters. The minimum Gasteiger partial charge on any atom is -0.381 e. The summed E-state index contributed by atoms with van der Waals surface area (Å²) < 4.78 is 45.9. The predicted octanol–water partition coefficient (Wildman–Crippen LogP) is 3.48. The fraction of sp³-hybridized carbons (Fsp3) is 0.913. The predicted molar refractivity (Wildman–Crippen MR) is 123 cm³/mol. The van der Waals surface area contributed by atoms with Gasteiger partial charge in [-0.25, -0.2) is 0 Å². The molecule has 0 spiro atoms. The van der Waals surface area contributed by atoms with Gasteiger partial charge in [0.2, 0.25) is 11.8 Å². The molecule has 0 aromatic carbocycles. The number of piperidine rings is 1. The Balaban J connectivity index is 1.69. The van der Waals surface area contributed by atoms with E-state index in [-0.39, 0.29) is 59.1 Å². The van der Waals surface area contributed by atoms with Crippen LogP contribution in [0.4, 0.5) is 13.2 Å². The summed E-state index contributed by atoms with van der Waals surface area (Å²) in [5.74, 6) is -1.00. The summed E-state index contributed by atoms with van der Waals surface area (Å²) >= 11 is 3.61. The van der Waals surface area contributed by atoms with Gasteiger partial charge in [-0.05, 0) is 50.9 Å². The van der Waals surface area contributed by atoms with Gasteiger partial charge in [0.05, 0.1) is 12.5 Å². The summed E-state index contributed by atoms with van der Waals surface area (Å²) in [6, 6.07) is -0.443. The van der Waals surface area contributed by atoms with Gasteiger partial charge in [0.1, 0.15) is 0 Å². The number of rotatable bonds is 6. The Hall–Kier alpha value is -0.870. The van der Waals surface area contributed by atoms with Gasteiger partial charge >= 0.3 is 6.18 Å². The molecule has 2 N–H and O–H groups in total. The lowest BCUT2D eigenvalue weighted by Gasteiger charge is -2.47. The Morgan fingerprint density at radius 2 is 1.85 bits per heavy atom. The Morgan fingerprint density at radius 3 is 2.45 bits per heavy atom. The van der Waals surface area contributed by atoms with E-state index in [2.05, 4.69) is 26.6 Å². The molecular weight excluding hydrogens is 503 g/mol. The molecule has 3 fully saturated rings. The number of carbonyl (C=O) groups is 2. The van der Waals surface area contributed by atoms with Crippen molar-refractivity contribution in [2.45, 2.75) is 82.0 Å². The molecule has 190 valence electrons. The molecule has 33 heavy (non-hydrogen) atoms. The topological polar surface area (TPSA) is 70.7 Å². The second-order valence-electron chi connectivity index (χ2n) is 10.2. The van der Waals surface area contributed by atoms with E-state index in [1.165, 1.54) is 0 Å². The quantitative estimate of drug-likeness (QED) is 0.507. The van der Waals surface area contributed by atoms with Gasteiger partial charge in [-0.1, -0.05) is 29.8 Å². The van der Waals surface area contributed by atoms with Crippen LogP contribution >= 0.6 is 15.9 Å². The number of amides is 2. The van der Waals surface area contributed by atoms with Crippen LogP contribution in [-0.4, -0.2) is 72.1 Å². The second-order valence-corrected chi connectivity index (χ2v) is 11.5. The van der Waals surface area contributed by atoms with Crippen molar-refractivity contribution in [1.29, 1.82) is 0 Å². The number of ether oxygens (including phenoxy) is 1. The molecule has 1 saturated carbocycles. The number of halogens is 4. The number of carbonyl (C=O) groups excluding carboxylic acids is 2. The first kappa shape index (κ1) is 26.7. The van der Waals surface area contributed by atoms with Crippen molar-refractivity contribution in [1.82, 2.24) is 15.5 Å². The molecule has 2 saturated heterocycles. The van der Waals surface area contributed by atoms with Gasteiger partial charge in [-0.3, -0.25) is 14.5 Å². The van der Waals surface area contributed by atoms with E-state index < -0.39 is 18.6 Å². The normalized spacial score (nSPS) is 36.5. The highest BCUT2D eigenvalue weighted by molar-refractivity contribution is 9.09. The summed E-state index contributed by atoms with van der Waals surface area (Å²) in [7, 11) is 0. The van der Waals surface area contributed by atoms with E-state index in [4.69, 9.17) is 4.74 Å². The highest BCUT2D eigenvalue weighted by Crippen LogP contribution is 2.39. The smallest absolute Gasteiger partial charge is 0.381 e. The van der Waals surface area contributed by atoms with E-state index in [1.807, 2.05) is 20.8 Å². The first-order valence-electron chi connectivity index (χ1n) is 12.1. The molecule has 7 atom stereocenters. The third-order valence-electron chi connectivity index (χ3n) is 7.67. The summed E-state index contributed by atoms with van der Waals surface area (Å²) in [5, 5.41) is 5.89. The van der Waals surface area contributed by atoms with Crippen LogP contribution in [0.2, 0.25) is 0 Å². The van der Waals surface area contributed by atoms with E-state index in [9.17, 15) is 22.8 Å². The van der Waals surface area contributed by atoms with E-state index >= 15 is 0 Å².